The summed E-state index contributed by atoms with van der Waals surface area (Å²) >= 11 is 0. The van der Waals surface area contributed by atoms with Crippen LogP contribution in [0.4, 0.5) is 0 Å². The van der Waals surface area contributed by atoms with Crippen molar-refractivity contribution in [2.24, 2.45) is 0 Å². The summed E-state index contributed by atoms with van der Waals surface area (Å²) in [5.74, 6) is 0. The monoisotopic (exact) mass is 400 g/mol. The molecule has 0 spiro atoms. The Bertz CT molecular complexity index is 348. The van der Waals surface area contributed by atoms with Gasteiger partial charge in [-0.15, -0.1) is 0 Å². The van der Waals surface area contributed by atoms with Crippen molar-refractivity contribution in [2.75, 3.05) is 79.0 Å². The van der Waals surface area contributed by atoms with Gasteiger partial charge in [0.15, 0.2) is 0 Å². The van der Waals surface area contributed by atoms with Crippen molar-refractivity contribution in [3.63, 3.8) is 0 Å². The summed E-state index contributed by atoms with van der Waals surface area (Å²) in [4.78, 5) is 5.22. The van der Waals surface area contributed by atoms with Crippen LogP contribution in [0, 0.1) is 0 Å². The zero-order valence-electron chi connectivity index (χ0n) is 20.4. The van der Waals surface area contributed by atoms with Crippen LogP contribution in [0.25, 0.3) is 0 Å². The predicted octanol–water partition coefficient (Wildman–Crippen LogP) is 1.59. The number of hydrogen-bond donors (Lipinski definition) is 4. The lowest BCUT2D eigenvalue weighted by Crippen LogP contribution is -2.50. The molecule has 6 heteroatoms. The summed E-state index contributed by atoms with van der Waals surface area (Å²) in [7, 11) is 2.00. The minimum atomic E-state index is 0.183. The molecule has 0 saturated carbocycles. The van der Waals surface area contributed by atoms with E-state index in [2.05, 4.69) is 79.5 Å². The van der Waals surface area contributed by atoms with E-state index in [0.717, 1.165) is 72.0 Å². The van der Waals surface area contributed by atoms with Gasteiger partial charge < -0.3 is 21.3 Å². The lowest BCUT2D eigenvalue weighted by molar-refractivity contribution is 0.115. The van der Waals surface area contributed by atoms with Crippen LogP contribution in [0.15, 0.2) is 0 Å². The van der Waals surface area contributed by atoms with Crippen molar-refractivity contribution in [3.05, 3.63) is 0 Å². The Hall–Kier alpha value is -0.240. The highest BCUT2D eigenvalue weighted by molar-refractivity contribution is 4.79. The molecule has 0 radical (unpaired) electrons. The standard InChI is InChI=1S/C22H52N6/c1-9-10-24-13-16-27(17-15-26-21(2,3)4)19-20-28(22(5,6)7)18-14-25-12-11-23-8/h23-26H,9-20H2,1-8H3. The summed E-state index contributed by atoms with van der Waals surface area (Å²) in [6.45, 7) is 27.8. The first-order valence-corrected chi connectivity index (χ1v) is 11.4. The second kappa shape index (κ2) is 15.6. The molecule has 170 valence electrons. The second-order valence-electron chi connectivity index (χ2n) is 9.78. The van der Waals surface area contributed by atoms with Crippen LogP contribution in [0.3, 0.4) is 0 Å². The minimum absolute atomic E-state index is 0.183. The fourth-order valence-electron chi connectivity index (χ4n) is 3.06. The van der Waals surface area contributed by atoms with E-state index in [9.17, 15) is 0 Å². The molecule has 0 rings (SSSR count). The first kappa shape index (κ1) is 27.8. The van der Waals surface area contributed by atoms with E-state index in [4.69, 9.17) is 0 Å². The van der Waals surface area contributed by atoms with Gasteiger partial charge in [0.25, 0.3) is 0 Å². The Kier molecular flexibility index (Phi) is 15.4. The number of nitrogens with one attached hydrogen (secondary N) is 4. The third-order valence-corrected chi connectivity index (χ3v) is 4.86. The van der Waals surface area contributed by atoms with E-state index in [1.54, 1.807) is 0 Å². The molecule has 6 nitrogen and oxygen atoms in total. The Balaban J connectivity index is 4.51. The van der Waals surface area contributed by atoms with Gasteiger partial charge in [0.1, 0.15) is 0 Å². The molecule has 0 atom stereocenters. The summed E-state index contributed by atoms with van der Waals surface area (Å²) in [6, 6.07) is 0. The fourth-order valence-corrected chi connectivity index (χ4v) is 3.06. The van der Waals surface area contributed by atoms with E-state index in [0.29, 0.717) is 0 Å². The molecule has 0 heterocycles. The van der Waals surface area contributed by atoms with E-state index in [1.807, 2.05) is 7.05 Å². The quantitative estimate of drug-likeness (QED) is 0.278. The first-order chi connectivity index (χ1) is 13.1. The molecule has 4 N–H and O–H groups in total. The number of hydrogen-bond acceptors (Lipinski definition) is 6. The van der Waals surface area contributed by atoms with E-state index >= 15 is 0 Å². The topological polar surface area (TPSA) is 54.6 Å². The van der Waals surface area contributed by atoms with Crippen molar-refractivity contribution in [2.45, 2.75) is 66.0 Å². The van der Waals surface area contributed by atoms with Gasteiger partial charge in [0, 0.05) is 76.5 Å². The van der Waals surface area contributed by atoms with Crippen molar-refractivity contribution in [3.8, 4) is 0 Å². The SMILES string of the molecule is CCCNCCN(CCNC(C)(C)C)CCN(CCNCCNC)C(C)(C)C. The van der Waals surface area contributed by atoms with E-state index in [1.165, 1.54) is 6.42 Å². The summed E-state index contributed by atoms with van der Waals surface area (Å²) in [6.07, 6.45) is 1.20. The Morgan fingerprint density at radius 2 is 1.25 bits per heavy atom. The van der Waals surface area contributed by atoms with Gasteiger partial charge in [-0.2, -0.15) is 0 Å². The van der Waals surface area contributed by atoms with Crippen LogP contribution >= 0.6 is 0 Å². The maximum Gasteiger partial charge on any atom is 0.0126 e. The summed E-state index contributed by atoms with van der Waals surface area (Å²) in [5.41, 5.74) is 0.378. The number of nitrogens with zero attached hydrogens (tertiary/aromatic N) is 2. The van der Waals surface area contributed by atoms with Gasteiger partial charge in [-0.05, 0) is 61.6 Å². The van der Waals surface area contributed by atoms with Gasteiger partial charge in [-0.3, -0.25) is 9.80 Å². The Labute approximate surface area is 176 Å². The number of rotatable bonds is 17. The number of likely N-dealkylation sites (N-methyl/N-ethyl adjacent to an activating group) is 1. The molecule has 0 aliphatic carbocycles. The van der Waals surface area contributed by atoms with Gasteiger partial charge in [0.05, 0.1) is 0 Å². The second-order valence-corrected chi connectivity index (χ2v) is 9.78. The van der Waals surface area contributed by atoms with Crippen LogP contribution in [-0.4, -0.2) is 99.9 Å². The maximum atomic E-state index is 3.63. The average molecular weight is 401 g/mol. The lowest BCUT2D eigenvalue weighted by atomic mass is 10.1. The minimum Gasteiger partial charge on any atom is -0.318 e. The molecule has 0 bridgehead atoms. The van der Waals surface area contributed by atoms with E-state index < -0.39 is 0 Å². The van der Waals surface area contributed by atoms with Crippen LogP contribution in [0.5, 0.6) is 0 Å². The summed E-state index contributed by atoms with van der Waals surface area (Å²) in [5, 5.41) is 13.9. The van der Waals surface area contributed by atoms with Gasteiger partial charge in [-0.1, -0.05) is 6.92 Å². The molecule has 0 fully saturated rings. The predicted molar refractivity (Wildman–Crippen MR) is 125 cm³/mol. The lowest BCUT2D eigenvalue weighted by Gasteiger charge is -2.37. The fraction of sp³-hybridized carbons (Fsp3) is 1.00. The largest absolute Gasteiger partial charge is 0.318 e. The summed E-state index contributed by atoms with van der Waals surface area (Å²) < 4.78 is 0. The van der Waals surface area contributed by atoms with Crippen molar-refractivity contribution >= 4 is 0 Å². The third kappa shape index (κ3) is 16.7. The van der Waals surface area contributed by atoms with Crippen LogP contribution < -0.4 is 21.3 Å². The van der Waals surface area contributed by atoms with Gasteiger partial charge in [-0.25, -0.2) is 0 Å². The van der Waals surface area contributed by atoms with Crippen LogP contribution in [0.1, 0.15) is 54.9 Å². The van der Waals surface area contributed by atoms with Gasteiger partial charge >= 0.3 is 0 Å². The van der Waals surface area contributed by atoms with E-state index in [-0.39, 0.29) is 11.1 Å². The highest BCUT2D eigenvalue weighted by Gasteiger charge is 2.21. The normalized spacial score (nSPS) is 13.1. The first-order valence-electron chi connectivity index (χ1n) is 11.4. The van der Waals surface area contributed by atoms with Crippen molar-refractivity contribution in [1.29, 1.82) is 0 Å². The molecule has 28 heavy (non-hydrogen) atoms. The van der Waals surface area contributed by atoms with Crippen LogP contribution in [-0.2, 0) is 0 Å². The molecule has 0 aromatic rings. The molecule has 0 aromatic heterocycles. The average Bonchev–Trinajstić information content (AvgIpc) is 2.58. The molecule has 0 unspecified atom stereocenters. The third-order valence-electron chi connectivity index (χ3n) is 4.86. The smallest absolute Gasteiger partial charge is 0.0126 e. The Morgan fingerprint density at radius 3 is 1.82 bits per heavy atom. The zero-order valence-corrected chi connectivity index (χ0v) is 20.4. The van der Waals surface area contributed by atoms with Crippen LogP contribution in [0.2, 0.25) is 0 Å². The molecular weight excluding hydrogens is 348 g/mol. The Morgan fingerprint density at radius 1 is 0.643 bits per heavy atom. The van der Waals surface area contributed by atoms with Gasteiger partial charge in [0.2, 0.25) is 0 Å². The molecule has 0 aliphatic heterocycles. The molecule has 0 aliphatic rings. The zero-order chi connectivity index (χ0) is 21.5. The van der Waals surface area contributed by atoms with Crippen molar-refractivity contribution < 1.29 is 0 Å². The van der Waals surface area contributed by atoms with Crippen molar-refractivity contribution in [1.82, 2.24) is 31.1 Å². The highest BCUT2D eigenvalue weighted by Crippen LogP contribution is 2.12. The maximum absolute atomic E-state index is 3.63. The molecule has 0 amide bonds. The molecule has 0 saturated heterocycles. The molecule has 0 aromatic carbocycles. The molecular formula is C22H52N6. The highest BCUT2D eigenvalue weighted by atomic mass is 15.2.